The molecule has 2 N–H and O–H groups in total. The number of imidazole rings is 1. The monoisotopic (exact) mass is 520 g/mol. The summed E-state index contributed by atoms with van der Waals surface area (Å²) in [5.74, 6) is 0.803. The third-order valence-electron chi connectivity index (χ3n) is 5.53. The van der Waals surface area contributed by atoms with E-state index in [0.29, 0.717) is 33.2 Å². The van der Waals surface area contributed by atoms with Crippen LogP contribution in [0.4, 0.5) is 11.6 Å². The number of carbonyl (C=O) groups excluding carboxylic acids is 2. The molecule has 0 bridgehead atoms. The zero-order chi connectivity index (χ0) is 26.3. The summed E-state index contributed by atoms with van der Waals surface area (Å²) >= 11 is 1.27. The number of hydrogen-bond donors (Lipinski definition) is 2. The average Bonchev–Trinajstić information content (AvgIpc) is 3.64. The van der Waals surface area contributed by atoms with E-state index in [1.807, 2.05) is 0 Å². The molecule has 5 aromatic rings. The summed E-state index contributed by atoms with van der Waals surface area (Å²) in [4.78, 5) is 41.0. The molecule has 0 unspecified atom stereocenters. The molecule has 0 saturated carbocycles. The molecule has 190 valence electrons. The molecular formula is C25H24N6O5S. The van der Waals surface area contributed by atoms with Crippen molar-refractivity contribution < 1.29 is 23.5 Å². The Kier molecular flexibility index (Phi) is 6.13. The van der Waals surface area contributed by atoms with Crippen molar-refractivity contribution in [2.24, 2.45) is 0 Å². The second-order valence-electron chi connectivity index (χ2n) is 9.10. The van der Waals surface area contributed by atoms with Crippen LogP contribution in [-0.2, 0) is 6.54 Å². The lowest BCUT2D eigenvalue weighted by molar-refractivity contribution is 0.0630. The highest BCUT2D eigenvalue weighted by Gasteiger charge is 2.23. The number of amides is 2. The lowest BCUT2D eigenvalue weighted by Crippen LogP contribution is -2.27. The quantitative estimate of drug-likeness (QED) is 0.323. The standard InChI is InChI=1S/C25H24N6O5S/c1-14-27-11-18(36-14)20-7-8-21(37-20)22(32)29-24-28-16-9-15(30(4)23(33)19-10-26-13-35-19)5-6-17(16)31(24)12-25(2,3)34/h5-11,13,34H,12H2,1-4H3,(H,28,29,32). The van der Waals surface area contributed by atoms with Crippen LogP contribution in [0.15, 0.2) is 58.0 Å². The van der Waals surface area contributed by atoms with Crippen LogP contribution in [0.25, 0.3) is 21.7 Å². The summed E-state index contributed by atoms with van der Waals surface area (Å²) in [6, 6.07) is 8.79. The zero-order valence-corrected chi connectivity index (χ0v) is 21.4. The van der Waals surface area contributed by atoms with Gasteiger partial charge in [-0.05, 0) is 44.2 Å². The Hall–Kier alpha value is -4.29. The second kappa shape index (κ2) is 9.30. The normalized spacial score (nSPS) is 11.7. The lowest BCUT2D eigenvalue weighted by atomic mass is 10.1. The van der Waals surface area contributed by atoms with Gasteiger partial charge in [-0.15, -0.1) is 11.3 Å². The van der Waals surface area contributed by atoms with Crippen LogP contribution < -0.4 is 10.2 Å². The number of benzene rings is 1. The smallest absolute Gasteiger partial charge is 0.295 e. The molecule has 4 heterocycles. The van der Waals surface area contributed by atoms with Gasteiger partial charge in [-0.1, -0.05) is 0 Å². The molecule has 0 radical (unpaired) electrons. The number of rotatable bonds is 7. The summed E-state index contributed by atoms with van der Waals surface area (Å²) in [5, 5.41) is 13.4. The van der Waals surface area contributed by atoms with Gasteiger partial charge in [-0.3, -0.25) is 14.9 Å². The van der Waals surface area contributed by atoms with Crippen molar-refractivity contribution in [3.63, 3.8) is 0 Å². The van der Waals surface area contributed by atoms with Crippen LogP contribution >= 0.6 is 11.3 Å². The van der Waals surface area contributed by atoms with E-state index in [1.165, 1.54) is 28.8 Å². The summed E-state index contributed by atoms with van der Waals surface area (Å²) < 4.78 is 12.4. The molecule has 0 fully saturated rings. The van der Waals surface area contributed by atoms with Crippen molar-refractivity contribution in [2.45, 2.75) is 32.9 Å². The Morgan fingerprint density at radius 3 is 2.70 bits per heavy atom. The highest BCUT2D eigenvalue weighted by molar-refractivity contribution is 7.17. The van der Waals surface area contributed by atoms with Crippen molar-refractivity contribution in [3.05, 3.63) is 65.6 Å². The maximum Gasteiger partial charge on any atom is 0.295 e. The van der Waals surface area contributed by atoms with Crippen LogP contribution in [-0.4, -0.2) is 49.1 Å². The Bertz CT molecular complexity index is 1590. The first-order chi connectivity index (χ1) is 17.6. The van der Waals surface area contributed by atoms with E-state index in [-0.39, 0.29) is 30.1 Å². The Morgan fingerprint density at radius 1 is 1.22 bits per heavy atom. The van der Waals surface area contributed by atoms with Crippen LogP contribution in [0, 0.1) is 6.92 Å². The summed E-state index contributed by atoms with van der Waals surface area (Å²) in [6.45, 7) is 5.28. The van der Waals surface area contributed by atoms with Crippen LogP contribution in [0.3, 0.4) is 0 Å². The zero-order valence-electron chi connectivity index (χ0n) is 20.6. The van der Waals surface area contributed by atoms with Crippen molar-refractivity contribution in [2.75, 3.05) is 17.3 Å². The minimum atomic E-state index is -1.08. The van der Waals surface area contributed by atoms with E-state index in [9.17, 15) is 14.7 Å². The van der Waals surface area contributed by atoms with Crippen molar-refractivity contribution in [1.29, 1.82) is 0 Å². The number of aromatic nitrogens is 4. The van der Waals surface area contributed by atoms with Gasteiger partial charge in [0.05, 0.1) is 45.3 Å². The molecule has 5 rings (SSSR count). The van der Waals surface area contributed by atoms with Gasteiger partial charge >= 0.3 is 0 Å². The Labute approximate surface area is 215 Å². The molecule has 1 aromatic carbocycles. The minimum Gasteiger partial charge on any atom is -0.440 e. The number of aliphatic hydroxyl groups is 1. The van der Waals surface area contributed by atoms with Gasteiger partial charge in [0.1, 0.15) is 0 Å². The molecule has 0 aliphatic rings. The first-order valence-corrected chi connectivity index (χ1v) is 12.1. The predicted octanol–water partition coefficient (Wildman–Crippen LogP) is 4.35. The first kappa shape index (κ1) is 24.4. The van der Waals surface area contributed by atoms with Crippen molar-refractivity contribution >= 4 is 45.8 Å². The molecule has 11 nitrogen and oxygen atoms in total. The maximum atomic E-state index is 13.1. The van der Waals surface area contributed by atoms with Gasteiger partial charge in [0.15, 0.2) is 18.0 Å². The molecular weight excluding hydrogens is 496 g/mol. The van der Waals surface area contributed by atoms with E-state index < -0.39 is 5.60 Å². The van der Waals surface area contributed by atoms with Gasteiger partial charge in [0.2, 0.25) is 11.7 Å². The fourth-order valence-corrected chi connectivity index (χ4v) is 4.65. The molecule has 0 atom stereocenters. The van der Waals surface area contributed by atoms with E-state index in [4.69, 9.17) is 8.83 Å². The third kappa shape index (κ3) is 5.01. The van der Waals surface area contributed by atoms with E-state index >= 15 is 0 Å². The van der Waals surface area contributed by atoms with Crippen LogP contribution in [0.1, 0.15) is 40.0 Å². The summed E-state index contributed by atoms with van der Waals surface area (Å²) in [5.41, 5.74) is 0.722. The summed E-state index contributed by atoms with van der Waals surface area (Å²) in [7, 11) is 1.62. The number of thiophene rings is 1. The topological polar surface area (TPSA) is 140 Å². The molecule has 12 heteroatoms. The maximum absolute atomic E-state index is 13.1. The molecule has 0 spiro atoms. The Morgan fingerprint density at radius 2 is 2.03 bits per heavy atom. The van der Waals surface area contributed by atoms with Gasteiger partial charge in [-0.2, -0.15) is 0 Å². The molecule has 0 aliphatic carbocycles. The minimum absolute atomic E-state index is 0.110. The largest absolute Gasteiger partial charge is 0.440 e. The number of nitrogens with zero attached hydrogens (tertiary/aromatic N) is 5. The van der Waals surface area contributed by atoms with E-state index in [0.717, 1.165) is 4.88 Å². The molecule has 0 aliphatic heterocycles. The van der Waals surface area contributed by atoms with E-state index in [2.05, 4.69) is 20.3 Å². The second-order valence-corrected chi connectivity index (χ2v) is 10.2. The molecule has 0 saturated heterocycles. The number of anilines is 2. The average molecular weight is 521 g/mol. The summed E-state index contributed by atoms with van der Waals surface area (Å²) in [6.07, 6.45) is 4.16. The molecule has 4 aromatic heterocycles. The van der Waals surface area contributed by atoms with Gasteiger partial charge in [0, 0.05) is 19.7 Å². The van der Waals surface area contributed by atoms with Gasteiger partial charge < -0.3 is 23.4 Å². The predicted molar refractivity (Wildman–Crippen MR) is 138 cm³/mol. The number of fused-ring (bicyclic) bond motifs is 1. The van der Waals surface area contributed by atoms with Gasteiger partial charge in [-0.25, -0.2) is 15.0 Å². The fraction of sp³-hybridized carbons (Fsp3) is 0.240. The van der Waals surface area contributed by atoms with E-state index in [1.54, 1.807) is 68.9 Å². The van der Waals surface area contributed by atoms with Crippen molar-refractivity contribution in [1.82, 2.24) is 19.5 Å². The molecule has 37 heavy (non-hydrogen) atoms. The Balaban J connectivity index is 1.46. The third-order valence-corrected chi connectivity index (χ3v) is 6.63. The molecule has 2 amide bonds. The lowest BCUT2D eigenvalue weighted by Gasteiger charge is -2.20. The number of hydrogen-bond acceptors (Lipinski definition) is 9. The van der Waals surface area contributed by atoms with Crippen LogP contribution in [0.5, 0.6) is 0 Å². The van der Waals surface area contributed by atoms with Crippen molar-refractivity contribution in [3.8, 4) is 10.6 Å². The SMILES string of the molecule is Cc1ncc(-c2ccc(C(=O)Nc3nc4cc(N(C)C(=O)c5cnco5)ccc4n3CC(C)(C)O)s2)o1. The fourth-order valence-electron chi connectivity index (χ4n) is 3.80. The highest BCUT2D eigenvalue weighted by Crippen LogP contribution is 2.31. The number of carbonyl (C=O) groups is 2. The highest BCUT2D eigenvalue weighted by atomic mass is 32.1. The number of aryl methyl sites for hydroxylation is 1. The number of oxazole rings is 2. The van der Waals surface area contributed by atoms with Gasteiger partial charge in [0.25, 0.3) is 11.8 Å². The number of nitrogens with one attached hydrogen (secondary N) is 1. The first-order valence-electron chi connectivity index (χ1n) is 11.3. The van der Waals surface area contributed by atoms with Crippen LogP contribution in [0.2, 0.25) is 0 Å².